The number of carbonyl (C=O) groups is 2. The number of urea groups is 1. The van der Waals surface area contributed by atoms with Crippen LogP contribution in [0.3, 0.4) is 0 Å². The van der Waals surface area contributed by atoms with Crippen molar-refractivity contribution in [3.63, 3.8) is 0 Å². The fourth-order valence-electron chi connectivity index (χ4n) is 2.24. The summed E-state index contributed by atoms with van der Waals surface area (Å²) < 4.78 is 0. The lowest BCUT2D eigenvalue weighted by Crippen LogP contribution is -2.52. The van der Waals surface area contributed by atoms with Gasteiger partial charge in [0.1, 0.15) is 0 Å². The molecule has 1 heterocycles. The van der Waals surface area contributed by atoms with E-state index in [4.69, 9.17) is 5.11 Å². The Morgan fingerprint density at radius 3 is 2.26 bits per heavy atom. The Bertz CT molecular complexity index is 312. The van der Waals surface area contributed by atoms with Gasteiger partial charge < -0.3 is 14.9 Å². The molecule has 0 aromatic rings. The lowest BCUT2D eigenvalue weighted by Gasteiger charge is -2.37. The molecule has 0 radical (unpaired) electrons. The molecule has 1 aliphatic rings. The number of amides is 2. The molecular weight excluding hydrogens is 246 g/mol. The van der Waals surface area contributed by atoms with Crippen LogP contribution < -0.4 is 0 Å². The fourth-order valence-corrected chi connectivity index (χ4v) is 2.24. The van der Waals surface area contributed by atoms with Crippen molar-refractivity contribution >= 4 is 12.0 Å². The minimum absolute atomic E-state index is 0.00441. The minimum Gasteiger partial charge on any atom is -0.481 e. The van der Waals surface area contributed by atoms with Gasteiger partial charge >= 0.3 is 12.0 Å². The Labute approximate surface area is 115 Å². The molecule has 0 unspecified atom stereocenters. The molecule has 6 heteroatoms. The summed E-state index contributed by atoms with van der Waals surface area (Å²) in [7, 11) is 1.66. The minimum atomic E-state index is -0.874. The number of rotatable bonds is 5. The Kier molecular flexibility index (Phi) is 6.08. The third-order valence-corrected chi connectivity index (χ3v) is 3.25. The highest BCUT2D eigenvalue weighted by molar-refractivity contribution is 5.75. The van der Waals surface area contributed by atoms with Gasteiger partial charge in [0.05, 0.1) is 6.42 Å². The summed E-state index contributed by atoms with van der Waals surface area (Å²) in [6, 6.07) is -0.0644. The second-order valence-electron chi connectivity index (χ2n) is 5.53. The first-order chi connectivity index (χ1) is 8.90. The van der Waals surface area contributed by atoms with Gasteiger partial charge in [-0.15, -0.1) is 0 Å². The number of aliphatic carboxylic acids is 1. The molecule has 1 rings (SSSR count). The third kappa shape index (κ3) is 5.46. The maximum absolute atomic E-state index is 12.1. The zero-order valence-corrected chi connectivity index (χ0v) is 12.1. The lowest BCUT2D eigenvalue weighted by atomic mass is 10.2. The average Bonchev–Trinajstić information content (AvgIpc) is 2.35. The highest BCUT2D eigenvalue weighted by Crippen LogP contribution is 2.07. The van der Waals surface area contributed by atoms with E-state index in [1.807, 2.05) is 0 Å². The van der Waals surface area contributed by atoms with Crippen molar-refractivity contribution in [2.75, 3.05) is 46.3 Å². The second kappa shape index (κ2) is 7.33. The van der Waals surface area contributed by atoms with E-state index in [0.29, 0.717) is 5.92 Å². The highest BCUT2D eigenvalue weighted by Gasteiger charge is 2.23. The maximum atomic E-state index is 12.1. The Hall–Kier alpha value is -1.30. The molecule has 19 heavy (non-hydrogen) atoms. The molecule has 0 spiro atoms. The van der Waals surface area contributed by atoms with Gasteiger partial charge in [-0.2, -0.15) is 0 Å². The Balaban J connectivity index is 2.33. The molecule has 0 aliphatic carbocycles. The standard InChI is InChI=1S/C13H25N3O3/c1-11(2)10-15-6-8-16(9-7-15)13(19)14(3)5-4-12(17)18/h11H,4-10H2,1-3H3,(H,17,18). The normalized spacial score (nSPS) is 16.7. The van der Waals surface area contributed by atoms with Crippen LogP contribution >= 0.6 is 0 Å². The van der Waals surface area contributed by atoms with Gasteiger partial charge in [0.2, 0.25) is 0 Å². The maximum Gasteiger partial charge on any atom is 0.319 e. The van der Waals surface area contributed by atoms with E-state index in [-0.39, 0.29) is 19.0 Å². The van der Waals surface area contributed by atoms with Crippen molar-refractivity contribution in [2.45, 2.75) is 20.3 Å². The zero-order chi connectivity index (χ0) is 14.4. The number of piperazine rings is 1. The molecule has 0 aromatic heterocycles. The van der Waals surface area contributed by atoms with Gasteiger partial charge in [0, 0.05) is 46.3 Å². The van der Waals surface area contributed by atoms with Crippen molar-refractivity contribution in [1.29, 1.82) is 0 Å². The molecule has 1 aliphatic heterocycles. The van der Waals surface area contributed by atoms with Gasteiger partial charge in [0.25, 0.3) is 0 Å². The van der Waals surface area contributed by atoms with Crippen molar-refractivity contribution in [1.82, 2.24) is 14.7 Å². The van der Waals surface area contributed by atoms with Crippen LogP contribution in [0.1, 0.15) is 20.3 Å². The van der Waals surface area contributed by atoms with E-state index in [0.717, 1.165) is 32.7 Å². The number of carboxylic acid groups (broad SMARTS) is 1. The van der Waals surface area contributed by atoms with Gasteiger partial charge in [-0.1, -0.05) is 13.8 Å². The number of carboxylic acids is 1. The third-order valence-electron chi connectivity index (χ3n) is 3.25. The molecule has 2 amide bonds. The predicted molar refractivity (Wildman–Crippen MR) is 73.1 cm³/mol. The largest absolute Gasteiger partial charge is 0.481 e. The first-order valence-electron chi connectivity index (χ1n) is 6.84. The first kappa shape index (κ1) is 15.8. The Morgan fingerprint density at radius 2 is 1.79 bits per heavy atom. The second-order valence-corrected chi connectivity index (χ2v) is 5.53. The summed E-state index contributed by atoms with van der Waals surface area (Å²) in [6.07, 6.45) is -0.00441. The van der Waals surface area contributed by atoms with E-state index < -0.39 is 5.97 Å². The molecule has 0 aromatic carbocycles. The topological polar surface area (TPSA) is 64.1 Å². The number of nitrogens with zero attached hydrogens (tertiary/aromatic N) is 3. The van der Waals surface area contributed by atoms with Crippen LogP contribution in [-0.2, 0) is 4.79 Å². The number of hydrogen-bond donors (Lipinski definition) is 1. The summed E-state index contributed by atoms with van der Waals surface area (Å²) in [5.41, 5.74) is 0. The van der Waals surface area contributed by atoms with Crippen LogP contribution in [0.25, 0.3) is 0 Å². The molecule has 110 valence electrons. The quantitative estimate of drug-likeness (QED) is 0.803. The number of hydrogen-bond acceptors (Lipinski definition) is 3. The molecule has 1 saturated heterocycles. The summed E-state index contributed by atoms with van der Waals surface area (Å²) in [4.78, 5) is 28.2. The molecule has 1 fully saturated rings. The fraction of sp³-hybridized carbons (Fsp3) is 0.846. The SMILES string of the molecule is CC(C)CN1CCN(C(=O)N(C)CCC(=O)O)CC1. The summed E-state index contributed by atoms with van der Waals surface area (Å²) >= 11 is 0. The van der Waals surface area contributed by atoms with Crippen LogP contribution in [0.15, 0.2) is 0 Å². The monoisotopic (exact) mass is 271 g/mol. The van der Waals surface area contributed by atoms with Crippen molar-refractivity contribution in [2.24, 2.45) is 5.92 Å². The van der Waals surface area contributed by atoms with E-state index in [2.05, 4.69) is 18.7 Å². The predicted octanol–water partition coefficient (Wildman–Crippen LogP) is 0.786. The van der Waals surface area contributed by atoms with Crippen LogP contribution in [-0.4, -0.2) is 78.1 Å². The molecule has 0 atom stereocenters. The molecule has 1 N–H and O–H groups in total. The van der Waals surface area contributed by atoms with Crippen LogP contribution in [0, 0.1) is 5.92 Å². The van der Waals surface area contributed by atoms with E-state index in [1.165, 1.54) is 4.90 Å². The van der Waals surface area contributed by atoms with Gasteiger partial charge in [-0.25, -0.2) is 4.79 Å². The molecule has 0 saturated carbocycles. The average molecular weight is 271 g/mol. The van der Waals surface area contributed by atoms with Crippen molar-refractivity contribution in [3.05, 3.63) is 0 Å². The molecule has 6 nitrogen and oxygen atoms in total. The summed E-state index contributed by atoms with van der Waals surface area (Å²) in [6.45, 7) is 8.96. The zero-order valence-electron chi connectivity index (χ0n) is 12.1. The number of carbonyl (C=O) groups excluding carboxylic acids is 1. The van der Waals surface area contributed by atoms with Crippen LogP contribution in [0.2, 0.25) is 0 Å². The van der Waals surface area contributed by atoms with E-state index in [1.54, 1.807) is 11.9 Å². The van der Waals surface area contributed by atoms with Crippen LogP contribution in [0.4, 0.5) is 4.79 Å². The van der Waals surface area contributed by atoms with E-state index >= 15 is 0 Å². The van der Waals surface area contributed by atoms with Crippen molar-refractivity contribution in [3.8, 4) is 0 Å². The molecular formula is C13H25N3O3. The van der Waals surface area contributed by atoms with Crippen LogP contribution in [0.5, 0.6) is 0 Å². The smallest absolute Gasteiger partial charge is 0.319 e. The van der Waals surface area contributed by atoms with Crippen molar-refractivity contribution < 1.29 is 14.7 Å². The van der Waals surface area contributed by atoms with Gasteiger partial charge in [0.15, 0.2) is 0 Å². The molecule has 0 bridgehead atoms. The first-order valence-corrected chi connectivity index (χ1v) is 6.84. The summed E-state index contributed by atoms with van der Waals surface area (Å²) in [5, 5.41) is 8.61. The van der Waals surface area contributed by atoms with E-state index in [9.17, 15) is 9.59 Å². The highest BCUT2D eigenvalue weighted by atomic mass is 16.4. The summed E-state index contributed by atoms with van der Waals surface area (Å²) in [5.74, 6) is -0.234. The van der Waals surface area contributed by atoms with Gasteiger partial charge in [-0.3, -0.25) is 9.69 Å². The van der Waals surface area contributed by atoms with Gasteiger partial charge in [-0.05, 0) is 5.92 Å². The Morgan fingerprint density at radius 1 is 1.21 bits per heavy atom. The lowest BCUT2D eigenvalue weighted by molar-refractivity contribution is -0.137.